The molecule has 1 atom stereocenters. The van der Waals surface area contributed by atoms with Crippen LogP contribution in [0, 0.1) is 6.92 Å². The van der Waals surface area contributed by atoms with Gasteiger partial charge in [0.1, 0.15) is 5.01 Å². The van der Waals surface area contributed by atoms with E-state index in [1.54, 1.807) is 11.3 Å². The van der Waals surface area contributed by atoms with Gasteiger partial charge in [-0.1, -0.05) is 31.2 Å². The van der Waals surface area contributed by atoms with Crippen molar-refractivity contribution in [2.45, 2.75) is 46.2 Å². The highest BCUT2D eigenvalue weighted by molar-refractivity contribution is 7.09. The Morgan fingerprint density at radius 1 is 1.21 bits per heavy atom. The van der Waals surface area contributed by atoms with E-state index in [1.165, 1.54) is 11.1 Å². The zero-order valence-electron chi connectivity index (χ0n) is 12.1. The molecular formula is C16H22N2S. The van der Waals surface area contributed by atoms with E-state index in [2.05, 4.69) is 60.7 Å². The molecule has 0 radical (unpaired) electrons. The third kappa shape index (κ3) is 3.64. The van der Waals surface area contributed by atoms with E-state index in [4.69, 9.17) is 0 Å². The molecule has 19 heavy (non-hydrogen) atoms. The van der Waals surface area contributed by atoms with Gasteiger partial charge in [-0.05, 0) is 38.3 Å². The van der Waals surface area contributed by atoms with Gasteiger partial charge in [0.25, 0.3) is 0 Å². The second kappa shape index (κ2) is 6.31. The third-order valence-corrected chi connectivity index (χ3v) is 4.13. The maximum Gasteiger partial charge on any atom is 0.114 e. The van der Waals surface area contributed by atoms with Crippen molar-refractivity contribution in [2.24, 2.45) is 0 Å². The van der Waals surface area contributed by atoms with Crippen LogP contribution in [0.2, 0.25) is 0 Å². The van der Waals surface area contributed by atoms with E-state index >= 15 is 0 Å². The van der Waals surface area contributed by atoms with Gasteiger partial charge >= 0.3 is 0 Å². The number of aryl methyl sites for hydroxylation is 2. The first-order chi connectivity index (χ1) is 9.10. The fraction of sp³-hybridized carbons (Fsp3) is 0.438. The smallest absolute Gasteiger partial charge is 0.114 e. The van der Waals surface area contributed by atoms with Crippen LogP contribution in [0.15, 0.2) is 29.6 Å². The van der Waals surface area contributed by atoms with E-state index in [0.29, 0.717) is 6.04 Å². The van der Waals surface area contributed by atoms with Crippen molar-refractivity contribution in [2.75, 3.05) is 0 Å². The van der Waals surface area contributed by atoms with Gasteiger partial charge in [0, 0.05) is 17.1 Å². The summed E-state index contributed by atoms with van der Waals surface area (Å²) >= 11 is 1.73. The topological polar surface area (TPSA) is 24.9 Å². The SMILES string of the molecule is CCc1ccc(C(NC(C)C)c2nc(C)cs2)cc1. The maximum absolute atomic E-state index is 4.64. The minimum Gasteiger partial charge on any atom is -0.302 e. The fourth-order valence-electron chi connectivity index (χ4n) is 2.09. The number of rotatable bonds is 5. The molecule has 0 aliphatic heterocycles. The van der Waals surface area contributed by atoms with E-state index in [0.717, 1.165) is 17.1 Å². The summed E-state index contributed by atoms with van der Waals surface area (Å²) in [7, 11) is 0. The van der Waals surface area contributed by atoms with Gasteiger partial charge in [-0.3, -0.25) is 0 Å². The monoisotopic (exact) mass is 274 g/mol. The number of nitrogens with zero attached hydrogens (tertiary/aromatic N) is 1. The van der Waals surface area contributed by atoms with Crippen molar-refractivity contribution < 1.29 is 0 Å². The molecule has 3 heteroatoms. The molecule has 1 unspecified atom stereocenters. The van der Waals surface area contributed by atoms with Gasteiger partial charge in [-0.15, -0.1) is 11.3 Å². The molecule has 1 heterocycles. The van der Waals surface area contributed by atoms with Crippen LogP contribution < -0.4 is 5.32 Å². The molecule has 0 amide bonds. The predicted octanol–water partition coefficient (Wildman–Crippen LogP) is 4.10. The first kappa shape index (κ1) is 14.2. The van der Waals surface area contributed by atoms with E-state index in [-0.39, 0.29) is 6.04 Å². The van der Waals surface area contributed by atoms with Crippen molar-refractivity contribution in [3.05, 3.63) is 51.5 Å². The second-order valence-electron chi connectivity index (χ2n) is 5.18. The molecule has 2 nitrogen and oxygen atoms in total. The lowest BCUT2D eigenvalue weighted by Crippen LogP contribution is -2.28. The van der Waals surface area contributed by atoms with Crippen LogP contribution in [-0.2, 0) is 6.42 Å². The van der Waals surface area contributed by atoms with E-state index in [9.17, 15) is 0 Å². The Kier molecular flexibility index (Phi) is 4.72. The summed E-state index contributed by atoms with van der Waals surface area (Å²) in [6, 6.07) is 9.49. The summed E-state index contributed by atoms with van der Waals surface area (Å²) in [5, 5.41) is 6.88. The normalized spacial score (nSPS) is 12.9. The van der Waals surface area contributed by atoms with Crippen LogP contribution in [0.1, 0.15) is 48.6 Å². The van der Waals surface area contributed by atoms with Crippen molar-refractivity contribution in [3.8, 4) is 0 Å². The van der Waals surface area contributed by atoms with Gasteiger partial charge in [-0.25, -0.2) is 4.98 Å². The molecule has 0 fully saturated rings. The van der Waals surface area contributed by atoms with Crippen molar-refractivity contribution in [1.82, 2.24) is 10.3 Å². The number of benzene rings is 1. The summed E-state index contributed by atoms with van der Waals surface area (Å²) in [6.45, 7) is 8.58. The number of hydrogen-bond acceptors (Lipinski definition) is 3. The molecule has 2 aromatic rings. The van der Waals surface area contributed by atoms with Crippen molar-refractivity contribution >= 4 is 11.3 Å². The summed E-state index contributed by atoms with van der Waals surface area (Å²) in [4.78, 5) is 4.64. The highest BCUT2D eigenvalue weighted by atomic mass is 32.1. The quantitative estimate of drug-likeness (QED) is 0.888. The fourth-order valence-corrected chi connectivity index (χ4v) is 2.97. The lowest BCUT2D eigenvalue weighted by atomic mass is 10.0. The molecule has 1 aromatic heterocycles. The van der Waals surface area contributed by atoms with Crippen LogP contribution >= 0.6 is 11.3 Å². The van der Waals surface area contributed by atoms with Gasteiger partial charge in [0.2, 0.25) is 0 Å². The number of aromatic nitrogens is 1. The lowest BCUT2D eigenvalue weighted by Gasteiger charge is -2.20. The van der Waals surface area contributed by atoms with Crippen LogP contribution in [-0.4, -0.2) is 11.0 Å². The zero-order chi connectivity index (χ0) is 13.8. The molecule has 0 saturated carbocycles. The molecule has 2 rings (SSSR count). The summed E-state index contributed by atoms with van der Waals surface area (Å²) < 4.78 is 0. The van der Waals surface area contributed by atoms with E-state index in [1.807, 2.05) is 6.92 Å². The Labute approximate surface area is 119 Å². The van der Waals surface area contributed by atoms with Gasteiger partial charge in [-0.2, -0.15) is 0 Å². The molecular weight excluding hydrogens is 252 g/mol. The second-order valence-corrected chi connectivity index (χ2v) is 6.07. The Bertz CT molecular complexity index is 514. The first-order valence-corrected chi connectivity index (χ1v) is 7.75. The number of hydrogen-bond donors (Lipinski definition) is 1. The average molecular weight is 274 g/mol. The van der Waals surface area contributed by atoms with Gasteiger partial charge in [0.05, 0.1) is 6.04 Å². The largest absolute Gasteiger partial charge is 0.302 e. The average Bonchev–Trinajstić information content (AvgIpc) is 2.82. The van der Waals surface area contributed by atoms with Gasteiger partial charge < -0.3 is 5.32 Å². The molecule has 0 aliphatic carbocycles. The molecule has 0 bridgehead atoms. The molecule has 102 valence electrons. The Balaban J connectivity index is 2.30. The van der Waals surface area contributed by atoms with Gasteiger partial charge in [0.15, 0.2) is 0 Å². The minimum atomic E-state index is 0.199. The number of nitrogens with one attached hydrogen (secondary N) is 1. The molecule has 1 N–H and O–H groups in total. The standard InChI is InChI=1S/C16H22N2S/c1-5-13-6-8-14(9-7-13)15(17-11(2)3)16-18-12(4)10-19-16/h6-11,15,17H,5H2,1-4H3. The molecule has 0 saturated heterocycles. The Hall–Kier alpha value is -1.19. The Morgan fingerprint density at radius 2 is 1.89 bits per heavy atom. The zero-order valence-corrected chi connectivity index (χ0v) is 12.9. The maximum atomic E-state index is 4.64. The van der Waals surface area contributed by atoms with Crippen molar-refractivity contribution in [3.63, 3.8) is 0 Å². The van der Waals surface area contributed by atoms with Crippen LogP contribution in [0.4, 0.5) is 0 Å². The van der Waals surface area contributed by atoms with Crippen molar-refractivity contribution in [1.29, 1.82) is 0 Å². The Morgan fingerprint density at radius 3 is 2.37 bits per heavy atom. The van der Waals surface area contributed by atoms with Crippen LogP contribution in [0.3, 0.4) is 0 Å². The summed E-state index contributed by atoms with van der Waals surface area (Å²) in [5.74, 6) is 0. The lowest BCUT2D eigenvalue weighted by molar-refractivity contribution is 0.526. The minimum absolute atomic E-state index is 0.199. The number of thiazole rings is 1. The first-order valence-electron chi connectivity index (χ1n) is 6.87. The predicted molar refractivity (Wildman–Crippen MR) is 82.8 cm³/mol. The van der Waals surface area contributed by atoms with Crippen LogP contribution in [0.5, 0.6) is 0 Å². The molecule has 1 aromatic carbocycles. The van der Waals surface area contributed by atoms with E-state index < -0.39 is 0 Å². The third-order valence-electron chi connectivity index (χ3n) is 3.11. The van der Waals surface area contributed by atoms with Crippen LogP contribution in [0.25, 0.3) is 0 Å². The molecule has 0 aliphatic rings. The molecule has 0 spiro atoms. The summed E-state index contributed by atoms with van der Waals surface area (Å²) in [5.41, 5.74) is 3.77. The highest BCUT2D eigenvalue weighted by Crippen LogP contribution is 2.26. The highest BCUT2D eigenvalue weighted by Gasteiger charge is 2.18. The summed E-state index contributed by atoms with van der Waals surface area (Å²) in [6.07, 6.45) is 1.08.